The van der Waals surface area contributed by atoms with E-state index in [2.05, 4.69) is 10.2 Å². The summed E-state index contributed by atoms with van der Waals surface area (Å²) in [4.78, 5) is 22.4. The molecule has 0 amide bonds. The number of nitrogens with one attached hydrogen (secondary N) is 1. The maximum absolute atomic E-state index is 13.7. The van der Waals surface area contributed by atoms with Crippen LogP contribution in [0.25, 0.3) is 0 Å². The van der Waals surface area contributed by atoms with E-state index in [-0.39, 0.29) is 11.3 Å². The summed E-state index contributed by atoms with van der Waals surface area (Å²) in [6.07, 6.45) is 1.36. The van der Waals surface area contributed by atoms with Crippen molar-refractivity contribution in [2.45, 2.75) is 29.9 Å². The monoisotopic (exact) mass is 281 g/mol. The van der Waals surface area contributed by atoms with Crippen molar-refractivity contribution in [2.75, 3.05) is 0 Å². The van der Waals surface area contributed by atoms with Crippen LogP contribution in [-0.4, -0.2) is 21.1 Å². The number of aromatic amines is 1. The molecule has 0 aliphatic carbocycles. The first kappa shape index (κ1) is 13.5. The molecule has 19 heavy (non-hydrogen) atoms. The van der Waals surface area contributed by atoms with E-state index >= 15 is 0 Å². The molecular weight excluding hydrogens is 269 g/mol. The molecule has 7 heteroatoms. The standard InChI is InChI=1S/C12H12FN3O2S/c1-2-5-16-11(18)14-15-12(16)19-10-4-3-8(7-17)6-9(10)13/h3-4,6-7H,2,5H2,1H3,(H,14,18). The number of hydrogen-bond acceptors (Lipinski definition) is 4. The molecule has 1 aromatic carbocycles. The number of benzene rings is 1. The number of rotatable bonds is 5. The zero-order valence-electron chi connectivity index (χ0n) is 10.2. The Morgan fingerprint density at radius 1 is 1.53 bits per heavy atom. The molecule has 0 fully saturated rings. The van der Waals surface area contributed by atoms with Crippen LogP contribution in [-0.2, 0) is 6.54 Å². The Kier molecular flexibility index (Phi) is 4.16. The quantitative estimate of drug-likeness (QED) is 0.852. The zero-order valence-corrected chi connectivity index (χ0v) is 11.0. The lowest BCUT2D eigenvalue weighted by atomic mass is 10.2. The van der Waals surface area contributed by atoms with Gasteiger partial charge in [0.1, 0.15) is 12.1 Å². The minimum Gasteiger partial charge on any atom is -0.298 e. The first-order valence-electron chi connectivity index (χ1n) is 5.73. The Hall–Kier alpha value is -1.89. The van der Waals surface area contributed by atoms with Crippen LogP contribution in [0.5, 0.6) is 0 Å². The number of carbonyl (C=O) groups is 1. The third-order valence-electron chi connectivity index (χ3n) is 2.46. The highest BCUT2D eigenvalue weighted by atomic mass is 32.2. The average Bonchev–Trinajstić information content (AvgIpc) is 2.74. The Morgan fingerprint density at radius 3 is 2.95 bits per heavy atom. The molecule has 0 spiro atoms. The number of H-pyrrole nitrogens is 1. The molecular formula is C12H12FN3O2S. The molecule has 100 valence electrons. The van der Waals surface area contributed by atoms with Crippen molar-refractivity contribution in [3.05, 3.63) is 40.1 Å². The molecule has 0 unspecified atom stereocenters. The molecule has 0 radical (unpaired) electrons. The minimum absolute atomic E-state index is 0.273. The highest BCUT2D eigenvalue weighted by Gasteiger charge is 2.12. The van der Waals surface area contributed by atoms with Gasteiger partial charge in [-0.05, 0) is 30.3 Å². The Balaban J connectivity index is 2.31. The SMILES string of the molecule is CCCn1c(Sc2ccc(C=O)cc2F)n[nH]c1=O. The van der Waals surface area contributed by atoms with Crippen LogP contribution in [0, 0.1) is 5.82 Å². The molecule has 2 aromatic rings. The second-order valence-electron chi connectivity index (χ2n) is 3.87. The number of hydrogen-bond donors (Lipinski definition) is 1. The third kappa shape index (κ3) is 2.93. The van der Waals surface area contributed by atoms with Crippen LogP contribution in [0.15, 0.2) is 33.0 Å². The lowest BCUT2D eigenvalue weighted by molar-refractivity contribution is 0.112. The van der Waals surface area contributed by atoms with Gasteiger partial charge in [0.25, 0.3) is 0 Å². The van der Waals surface area contributed by atoms with Gasteiger partial charge in [0.15, 0.2) is 5.16 Å². The van der Waals surface area contributed by atoms with Crippen LogP contribution in [0.3, 0.4) is 0 Å². The number of aromatic nitrogens is 3. The van der Waals surface area contributed by atoms with Gasteiger partial charge in [-0.1, -0.05) is 13.0 Å². The second kappa shape index (κ2) is 5.83. The topological polar surface area (TPSA) is 67.8 Å². The lowest BCUT2D eigenvalue weighted by Gasteiger charge is -2.04. The van der Waals surface area contributed by atoms with E-state index in [0.717, 1.165) is 24.2 Å². The van der Waals surface area contributed by atoms with Crippen LogP contribution in [0.4, 0.5) is 4.39 Å². The summed E-state index contributed by atoms with van der Waals surface area (Å²) >= 11 is 1.05. The van der Waals surface area contributed by atoms with Crippen LogP contribution in [0.2, 0.25) is 0 Å². The van der Waals surface area contributed by atoms with Crippen molar-refractivity contribution in [2.24, 2.45) is 0 Å². The Labute approximate surface area is 112 Å². The minimum atomic E-state index is -0.506. The smallest absolute Gasteiger partial charge is 0.298 e. The van der Waals surface area contributed by atoms with Gasteiger partial charge in [-0.15, -0.1) is 5.10 Å². The predicted octanol–water partition coefficient (Wildman–Crippen LogP) is 2.08. The van der Waals surface area contributed by atoms with E-state index in [1.165, 1.54) is 16.7 Å². The number of halogens is 1. The molecule has 1 aromatic heterocycles. The molecule has 2 rings (SSSR count). The lowest BCUT2D eigenvalue weighted by Crippen LogP contribution is -2.17. The van der Waals surface area contributed by atoms with E-state index in [1.54, 1.807) is 0 Å². The molecule has 0 aliphatic rings. The number of nitrogens with zero attached hydrogens (tertiary/aromatic N) is 2. The van der Waals surface area contributed by atoms with Gasteiger partial charge in [0.05, 0.1) is 4.90 Å². The largest absolute Gasteiger partial charge is 0.343 e. The summed E-state index contributed by atoms with van der Waals surface area (Å²) in [5.41, 5.74) is -0.0379. The fourth-order valence-corrected chi connectivity index (χ4v) is 2.44. The molecule has 0 bridgehead atoms. The van der Waals surface area contributed by atoms with Gasteiger partial charge in [0.2, 0.25) is 0 Å². The molecule has 5 nitrogen and oxygen atoms in total. The van der Waals surface area contributed by atoms with Gasteiger partial charge in [-0.3, -0.25) is 9.36 Å². The van der Waals surface area contributed by atoms with E-state index in [1.807, 2.05) is 6.92 Å². The summed E-state index contributed by atoms with van der Waals surface area (Å²) in [7, 11) is 0. The highest BCUT2D eigenvalue weighted by Crippen LogP contribution is 2.28. The predicted molar refractivity (Wildman–Crippen MR) is 69.0 cm³/mol. The fourth-order valence-electron chi connectivity index (χ4n) is 1.57. The normalized spacial score (nSPS) is 10.6. The molecule has 1 N–H and O–H groups in total. The van der Waals surface area contributed by atoms with Crippen molar-refractivity contribution in [1.82, 2.24) is 14.8 Å². The average molecular weight is 281 g/mol. The highest BCUT2D eigenvalue weighted by molar-refractivity contribution is 7.99. The third-order valence-corrected chi connectivity index (χ3v) is 3.51. The van der Waals surface area contributed by atoms with Crippen LogP contribution in [0.1, 0.15) is 23.7 Å². The van der Waals surface area contributed by atoms with Crippen molar-refractivity contribution < 1.29 is 9.18 Å². The zero-order chi connectivity index (χ0) is 13.8. The van der Waals surface area contributed by atoms with Gasteiger partial charge < -0.3 is 0 Å². The molecule has 1 heterocycles. The summed E-state index contributed by atoms with van der Waals surface area (Å²) in [6, 6.07) is 4.18. The first-order valence-corrected chi connectivity index (χ1v) is 6.55. The summed E-state index contributed by atoms with van der Waals surface area (Å²) in [5, 5.41) is 6.61. The number of carbonyl (C=O) groups excluding carboxylic acids is 1. The first-order chi connectivity index (χ1) is 9.15. The Morgan fingerprint density at radius 2 is 2.32 bits per heavy atom. The second-order valence-corrected chi connectivity index (χ2v) is 4.88. The summed E-state index contributed by atoms with van der Waals surface area (Å²) in [6.45, 7) is 2.46. The molecule has 0 saturated carbocycles. The molecule has 0 atom stereocenters. The van der Waals surface area contributed by atoms with Crippen LogP contribution >= 0.6 is 11.8 Å². The van der Waals surface area contributed by atoms with Gasteiger partial charge in [-0.25, -0.2) is 14.3 Å². The summed E-state index contributed by atoms with van der Waals surface area (Å²) in [5.74, 6) is -0.506. The van der Waals surface area contributed by atoms with E-state index in [9.17, 15) is 14.0 Å². The van der Waals surface area contributed by atoms with E-state index in [4.69, 9.17) is 0 Å². The van der Waals surface area contributed by atoms with Gasteiger partial charge in [-0.2, -0.15) is 0 Å². The molecule has 0 saturated heterocycles. The van der Waals surface area contributed by atoms with Crippen LogP contribution < -0.4 is 5.69 Å². The summed E-state index contributed by atoms with van der Waals surface area (Å²) < 4.78 is 15.2. The van der Waals surface area contributed by atoms with Crippen molar-refractivity contribution >= 4 is 18.0 Å². The van der Waals surface area contributed by atoms with E-state index < -0.39 is 5.82 Å². The Bertz CT molecular complexity index is 651. The van der Waals surface area contributed by atoms with E-state index in [0.29, 0.717) is 22.9 Å². The molecule has 0 aliphatic heterocycles. The fraction of sp³-hybridized carbons (Fsp3) is 0.250. The number of aldehydes is 1. The van der Waals surface area contributed by atoms with Crippen molar-refractivity contribution in [3.63, 3.8) is 0 Å². The van der Waals surface area contributed by atoms with Gasteiger partial charge >= 0.3 is 5.69 Å². The van der Waals surface area contributed by atoms with Crippen molar-refractivity contribution in [1.29, 1.82) is 0 Å². The maximum atomic E-state index is 13.7. The maximum Gasteiger partial charge on any atom is 0.343 e. The van der Waals surface area contributed by atoms with Crippen molar-refractivity contribution in [3.8, 4) is 0 Å². The van der Waals surface area contributed by atoms with Gasteiger partial charge in [0, 0.05) is 12.1 Å².